The molecule has 0 atom stereocenters. The molecule has 2 aromatic heterocycles. The van der Waals surface area contributed by atoms with Crippen molar-refractivity contribution in [2.24, 2.45) is 0 Å². The van der Waals surface area contributed by atoms with Crippen molar-refractivity contribution < 1.29 is 23.5 Å². The van der Waals surface area contributed by atoms with Gasteiger partial charge in [0.15, 0.2) is 0 Å². The van der Waals surface area contributed by atoms with Crippen LogP contribution >= 0.6 is 11.3 Å². The maximum Gasteiger partial charge on any atom is 0.341 e. The molecule has 2 amide bonds. The molecule has 0 aliphatic carbocycles. The van der Waals surface area contributed by atoms with E-state index in [1.807, 2.05) is 36.4 Å². The summed E-state index contributed by atoms with van der Waals surface area (Å²) in [5.74, 6) is -1.95. The van der Waals surface area contributed by atoms with E-state index in [4.69, 9.17) is 4.74 Å². The summed E-state index contributed by atoms with van der Waals surface area (Å²) in [6, 6.07) is 24.3. The van der Waals surface area contributed by atoms with E-state index in [0.29, 0.717) is 28.1 Å². The second-order valence-electron chi connectivity index (χ2n) is 9.34. The lowest BCUT2D eigenvalue weighted by Gasteiger charge is -2.06. The molecule has 0 spiro atoms. The monoisotopic (exact) mass is 594 g/mol. The molecule has 0 aliphatic heterocycles. The highest BCUT2D eigenvalue weighted by Crippen LogP contribution is 2.34. The summed E-state index contributed by atoms with van der Waals surface area (Å²) >= 11 is 0.990. The van der Waals surface area contributed by atoms with Gasteiger partial charge in [-0.25, -0.2) is 13.9 Å². The van der Waals surface area contributed by atoms with Crippen LogP contribution in [0.15, 0.2) is 97.2 Å². The Bertz CT molecular complexity index is 1800. The fraction of sp³-hybridized carbons (Fsp3) is 0.0909. The molecule has 0 saturated heterocycles. The smallest absolute Gasteiger partial charge is 0.341 e. The van der Waals surface area contributed by atoms with Crippen molar-refractivity contribution in [1.29, 1.82) is 0 Å². The Labute approximate surface area is 251 Å². The van der Waals surface area contributed by atoms with Crippen LogP contribution in [0.1, 0.15) is 38.1 Å². The van der Waals surface area contributed by atoms with E-state index in [1.54, 1.807) is 67.2 Å². The first-order valence-corrected chi connectivity index (χ1v) is 14.2. The lowest BCUT2D eigenvalue weighted by atomic mass is 10.1. The number of thiophene rings is 1. The zero-order valence-corrected chi connectivity index (χ0v) is 24.2. The molecule has 2 N–H and O–H groups in total. The first kappa shape index (κ1) is 29.2. The molecule has 5 rings (SSSR count). The topological polar surface area (TPSA) is 102 Å². The molecule has 0 aliphatic rings. The largest absolute Gasteiger partial charge is 0.462 e. The SMILES string of the molecule is CCOC(=O)c1c(NC(=O)C=Cc2cn(-c3ccccc3)nc2-c2ccc(F)cc2)sc(C(=O)Nc2ccccc2)c1C. The van der Waals surface area contributed by atoms with E-state index in [-0.39, 0.29) is 27.9 Å². The van der Waals surface area contributed by atoms with Crippen molar-refractivity contribution in [1.82, 2.24) is 9.78 Å². The predicted octanol–water partition coefficient (Wildman–Crippen LogP) is 7.13. The Morgan fingerprint density at radius 1 is 0.953 bits per heavy atom. The zero-order chi connectivity index (χ0) is 30.3. The van der Waals surface area contributed by atoms with Gasteiger partial charge in [0.2, 0.25) is 5.91 Å². The highest BCUT2D eigenvalue weighted by Gasteiger charge is 2.26. The summed E-state index contributed by atoms with van der Waals surface area (Å²) in [6.45, 7) is 3.45. The number of benzene rings is 3. The second-order valence-corrected chi connectivity index (χ2v) is 10.4. The van der Waals surface area contributed by atoms with Gasteiger partial charge in [0.25, 0.3) is 5.91 Å². The summed E-state index contributed by atoms with van der Waals surface area (Å²) in [6.07, 6.45) is 4.67. The number of amides is 2. The van der Waals surface area contributed by atoms with Crippen LogP contribution in [-0.4, -0.2) is 34.2 Å². The fourth-order valence-corrected chi connectivity index (χ4v) is 5.44. The molecular weight excluding hydrogens is 567 g/mol. The van der Waals surface area contributed by atoms with Gasteiger partial charge in [-0.05, 0) is 74.0 Å². The minimum Gasteiger partial charge on any atom is -0.462 e. The van der Waals surface area contributed by atoms with Crippen LogP contribution in [0, 0.1) is 12.7 Å². The molecule has 0 radical (unpaired) electrons. The number of aromatic nitrogens is 2. The maximum absolute atomic E-state index is 13.6. The molecule has 10 heteroatoms. The molecule has 8 nitrogen and oxygen atoms in total. The first-order valence-electron chi connectivity index (χ1n) is 13.4. The first-order chi connectivity index (χ1) is 20.8. The van der Waals surface area contributed by atoms with Crippen molar-refractivity contribution >= 4 is 45.9 Å². The van der Waals surface area contributed by atoms with Crippen molar-refractivity contribution in [2.75, 3.05) is 17.2 Å². The van der Waals surface area contributed by atoms with Gasteiger partial charge in [-0.1, -0.05) is 36.4 Å². The Morgan fingerprint density at radius 2 is 1.63 bits per heavy atom. The number of carbonyl (C=O) groups is 3. The average molecular weight is 595 g/mol. The van der Waals surface area contributed by atoms with Gasteiger partial charge in [-0.15, -0.1) is 11.3 Å². The summed E-state index contributed by atoms with van der Waals surface area (Å²) in [4.78, 5) is 39.3. The number of hydrogen-bond acceptors (Lipinski definition) is 6. The van der Waals surface area contributed by atoms with Crippen LogP contribution in [0.3, 0.4) is 0 Å². The number of hydrogen-bond donors (Lipinski definition) is 2. The summed E-state index contributed by atoms with van der Waals surface area (Å²) in [5.41, 5.74) is 3.76. The molecule has 0 saturated carbocycles. The third kappa shape index (κ3) is 6.77. The second kappa shape index (κ2) is 13.1. The molecule has 0 unspecified atom stereocenters. The van der Waals surface area contributed by atoms with Crippen molar-refractivity contribution in [2.45, 2.75) is 13.8 Å². The number of ether oxygens (including phenoxy) is 1. The van der Waals surface area contributed by atoms with E-state index in [9.17, 15) is 18.8 Å². The molecule has 0 bridgehead atoms. The lowest BCUT2D eigenvalue weighted by Crippen LogP contribution is -2.13. The van der Waals surface area contributed by atoms with Gasteiger partial charge in [0.05, 0.1) is 28.4 Å². The number of rotatable bonds is 9. The standard InChI is InChI=1S/C33H27FN4O4S/c1-3-42-33(41)28-21(2)30(31(40)35-25-10-6-4-7-11-25)43-32(28)36-27(39)19-16-23-20-38(26-12-8-5-9-13-26)37-29(23)22-14-17-24(34)18-15-22/h4-20H,3H2,1-2H3,(H,35,40)(H,36,39). The molecule has 216 valence electrons. The van der Waals surface area contributed by atoms with Gasteiger partial charge in [0, 0.05) is 29.1 Å². The molecule has 3 aromatic carbocycles. The van der Waals surface area contributed by atoms with Crippen molar-refractivity contribution in [3.8, 4) is 16.9 Å². The van der Waals surface area contributed by atoms with Crippen LogP contribution in [0.4, 0.5) is 15.1 Å². The third-order valence-electron chi connectivity index (χ3n) is 6.40. The number of anilines is 2. The number of esters is 1. The number of halogens is 1. The Balaban J connectivity index is 1.44. The third-order valence-corrected chi connectivity index (χ3v) is 7.60. The van der Waals surface area contributed by atoms with Gasteiger partial charge < -0.3 is 15.4 Å². The van der Waals surface area contributed by atoms with E-state index in [0.717, 1.165) is 17.0 Å². The van der Waals surface area contributed by atoms with Crippen LogP contribution in [-0.2, 0) is 9.53 Å². The summed E-state index contributed by atoms with van der Waals surface area (Å²) in [7, 11) is 0. The highest BCUT2D eigenvalue weighted by atomic mass is 32.1. The van der Waals surface area contributed by atoms with Crippen LogP contribution in [0.25, 0.3) is 23.0 Å². The molecule has 5 aromatic rings. The lowest BCUT2D eigenvalue weighted by molar-refractivity contribution is -0.111. The Morgan fingerprint density at radius 3 is 2.30 bits per heavy atom. The van der Waals surface area contributed by atoms with Crippen LogP contribution in [0.2, 0.25) is 0 Å². The average Bonchev–Trinajstić information content (AvgIpc) is 3.58. The quantitative estimate of drug-likeness (QED) is 0.140. The van der Waals surface area contributed by atoms with Crippen molar-refractivity contribution in [3.63, 3.8) is 0 Å². The van der Waals surface area contributed by atoms with Crippen molar-refractivity contribution in [3.05, 3.63) is 125 Å². The van der Waals surface area contributed by atoms with Gasteiger partial charge in [-0.2, -0.15) is 5.10 Å². The minimum absolute atomic E-state index is 0.121. The Kier molecular flexibility index (Phi) is 8.88. The molecule has 43 heavy (non-hydrogen) atoms. The van der Waals surface area contributed by atoms with Gasteiger partial charge in [-0.3, -0.25) is 9.59 Å². The normalized spacial score (nSPS) is 11.0. The van der Waals surface area contributed by atoms with Gasteiger partial charge in [0.1, 0.15) is 10.8 Å². The van der Waals surface area contributed by atoms with E-state index in [2.05, 4.69) is 15.7 Å². The fourth-order valence-electron chi connectivity index (χ4n) is 4.35. The van der Waals surface area contributed by atoms with E-state index < -0.39 is 17.8 Å². The number of carbonyl (C=O) groups excluding carboxylic acids is 3. The number of para-hydroxylation sites is 2. The number of nitrogens with one attached hydrogen (secondary N) is 2. The molecular formula is C33H27FN4O4S. The zero-order valence-electron chi connectivity index (χ0n) is 23.3. The minimum atomic E-state index is -0.642. The van der Waals surface area contributed by atoms with Gasteiger partial charge >= 0.3 is 5.97 Å². The van der Waals surface area contributed by atoms with Crippen LogP contribution in [0.5, 0.6) is 0 Å². The number of nitrogens with zero attached hydrogens (tertiary/aromatic N) is 2. The highest BCUT2D eigenvalue weighted by molar-refractivity contribution is 7.19. The Hall–Kier alpha value is -5.35. The predicted molar refractivity (Wildman–Crippen MR) is 166 cm³/mol. The van der Waals surface area contributed by atoms with E-state index >= 15 is 0 Å². The summed E-state index contributed by atoms with van der Waals surface area (Å²) < 4.78 is 20.5. The van der Waals surface area contributed by atoms with E-state index in [1.165, 1.54) is 18.2 Å². The summed E-state index contributed by atoms with van der Waals surface area (Å²) in [5, 5.41) is 10.4. The maximum atomic E-state index is 13.6. The van der Waals surface area contributed by atoms with Crippen LogP contribution < -0.4 is 10.6 Å². The molecule has 2 heterocycles. The molecule has 0 fully saturated rings.